The highest BCUT2D eigenvalue weighted by Crippen LogP contribution is 2.35. The first-order chi connectivity index (χ1) is 9.26. The molecule has 102 valence electrons. The van der Waals surface area contributed by atoms with Crippen molar-refractivity contribution >= 4 is 27.3 Å². The topological polar surface area (TPSA) is 21.3 Å². The first-order valence-corrected chi connectivity index (χ1v) is 7.98. The fourth-order valence-electron chi connectivity index (χ4n) is 2.04. The SMILES string of the molecule is CCCNC(c1ccc(Br)s1)c1ccccc1OC. The average molecular weight is 340 g/mol. The molecule has 0 amide bonds. The summed E-state index contributed by atoms with van der Waals surface area (Å²) >= 11 is 5.30. The molecule has 2 aromatic rings. The summed E-state index contributed by atoms with van der Waals surface area (Å²) in [4.78, 5) is 1.30. The third-order valence-corrected chi connectivity index (χ3v) is 4.62. The minimum absolute atomic E-state index is 0.187. The van der Waals surface area contributed by atoms with Gasteiger partial charge in [0.15, 0.2) is 0 Å². The zero-order valence-electron chi connectivity index (χ0n) is 11.2. The Balaban J connectivity index is 2.36. The van der Waals surface area contributed by atoms with Crippen molar-refractivity contribution in [3.8, 4) is 5.75 Å². The van der Waals surface area contributed by atoms with E-state index < -0.39 is 0 Å². The number of ether oxygens (including phenoxy) is 1. The van der Waals surface area contributed by atoms with Gasteiger partial charge < -0.3 is 10.1 Å². The molecule has 4 heteroatoms. The molecule has 1 aromatic carbocycles. The maximum absolute atomic E-state index is 5.49. The molecule has 0 bridgehead atoms. The van der Waals surface area contributed by atoms with E-state index in [9.17, 15) is 0 Å². The van der Waals surface area contributed by atoms with Gasteiger partial charge in [0, 0.05) is 10.4 Å². The Bertz CT molecular complexity index is 526. The van der Waals surface area contributed by atoms with E-state index in [4.69, 9.17) is 4.74 Å². The van der Waals surface area contributed by atoms with Gasteiger partial charge in [-0.1, -0.05) is 25.1 Å². The fraction of sp³-hybridized carbons (Fsp3) is 0.333. The minimum Gasteiger partial charge on any atom is -0.496 e. The molecule has 0 radical (unpaired) electrons. The second kappa shape index (κ2) is 7.08. The van der Waals surface area contributed by atoms with E-state index in [1.165, 1.54) is 10.4 Å². The standard InChI is InChI=1S/C15H18BrNOS/c1-3-10-17-15(13-8-9-14(16)19-13)11-6-4-5-7-12(11)18-2/h4-9,15,17H,3,10H2,1-2H3. The summed E-state index contributed by atoms with van der Waals surface area (Å²) in [6.07, 6.45) is 1.11. The van der Waals surface area contributed by atoms with E-state index in [-0.39, 0.29) is 6.04 Å². The van der Waals surface area contributed by atoms with E-state index >= 15 is 0 Å². The Morgan fingerprint density at radius 1 is 1.26 bits per heavy atom. The molecule has 0 aliphatic heterocycles. The number of rotatable bonds is 6. The number of para-hydroxylation sites is 1. The number of benzene rings is 1. The zero-order valence-corrected chi connectivity index (χ0v) is 13.6. The molecule has 2 rings (SSSR count). The second-order valence-electron chi connectivity index (χ2n) is 4.27. The van der Waals surface area contributed by atoms with E-state index in [1.807, 2.05) is 12.1 Å². The summed E-state index contributed by atoms with van der Waals surface area (Å²) < 4.78 is 6.64. The highest BCUT2D eigenvalue weighted by atomic mass is 79.9. The van der Waals surface area contributed by atoms with Crippen LogP contribution in [-0.2, 0) is 0 Å². The zero-order chi connectivity index (χ0) is 13.7. The quantitative estimate of drug-likeness (QED) is 0.829. The summed E-state index contributed by atoms with van der Waals surface area (Å²) in [6, 6.07) is 12.6. The van der Waals surface area contributed by atoms with Crippen LogP contribution in [0.2, 0.25) is 0 Å². The van der Waals surface area contributed by atoms with Gasteiger partial charge in [-0.15, -0.1) is 11.3 Å². The van der Waals surface area contributed by atoms with Crippen molar-refractivity contribution in [3.05, 3.63) is 50.6 Å². The van der Waals surface area contributed by atoms with Gasteiger partial charge >= 0.3 is 0 Å². The van der Waals surface area contributed by atoms with Crippen molar-refractivity contribution in [1.82, 2.24) is 5.32 Å². The summed E-state index contributed by atoms with van der Waals surface area (Å²) in [5.41, 5.74) is 1.19. The summed E-state index contributed by atoms with van der Waals surface area (Å²) in [5, 5.41) is 3.60. The van der Waals surface area contributed by atoms with Gasteiger partial charge in [-0.05, 0) is 47.1 Å². The van der Waals surface area contributed by atoms with E-state index in [0.29, 0.717) is 0 Å². The van der Waals surface area contributed by atoms with Gasteiger partial charge in [0.25, 0.3) is 0 Å². The van der Waals surface area contributed by atoms with Gasteiger partial charge in [-0.2, -0.15) is 0 Å². The van der Waals surface area contributed by atoms with Crippen LogP contribution in [0.4, 0.5) is 0 Å². The van der Waals surface area contributed by atoms with Crippen LogP contribution in [0.15, 0.2) is 40.2 Å². The molecule has 19 heavy (non-hydrogen) atoms. The lowest BCUT2D eigenvalue weighted by Crippen LogP contribution is -2.22. The van der Waals surface area contributed by atoms with Crippen LogP contribution in [0, 0.1) is 0 Å². The van der Waals surface area contributed by atoms with Crippen LogP contribution in [-0.4, -0.2) is 13.7 Å². The van der Waals surface area contributed by atoms with Crippen LogP contribution >= 0.6 is 27.3 Å². The molecule has 1 N–H and O–H groups in total. The average Bonchev–Trinajstić information content (AvgIpc) is 2.86. The monoisotopic (exact) mass is 339 g/mol. The largest absolute Gasteiger partial charge is 0.496 e. The van der Waals surface area contributed by atoms with Crippen molar-refractivity contribution in [2.24, 2.45) is 0 Å². The third kappa shape index (κ3) is 3.59. The number of thiophene rings is 1. The van der Waals surface area contributed by atoms with Crippen molar-refractivity contribution in [2.45, 2.75) is 19.4 Å². The summed E-state index contributed by atoms with van der Waals surface area (Å²) in [5.74, 6) is 0.931. The summed E-state index contributed by atoms with van der Waals surface area (Å²) in [6.45, 7) is 3.16. The van der Waals surface area contributed by atoms with Gasteiger partial charge in [0.2, 0.25) is 0 Å². The molecule has 1 heterocycles. The molecule has 1 unspecified atom stereocenters. The van der Waals surface area contributed by atoms with Crippen molar-refractivity contribution in [1.29, 1.82) is 0 Å². The predicted molar refractivity (Wildman–Crippen MR) is 85.1 cm³/mol. The van der Waals surface area contributed by atoms with Crippen molar-refractivity contribution in [2.75, 3.05) is 13.7 Å². The molecule has 0 fully saturated rings. The summed E-state index contributed by atoms with van der Waals surface area (Å²) in [7, 11) is 1.72. The van der Waals surface area contributed by atoms with Gasteiger partial charge in [-0.25, -0.2) is 0 Å². The number of methoxy groups -OCH3 is 1. The van der Waals surface area contributed by atoms with Crippen LogP contribution in [0.3, 0.4) is 0 Å². The van der Waals surface area contributed by atoms with Crippen LogP contribution in [0.5, 0.6) is 5.75 Å². The molecular formula is C15H18BrNOS. The van der Waals surface area contributed by atoms with E-state index in [1.54, 1.807) is 18.4 Å². The normalized spacial score (nSPS) is 12.4. The Morgan fingerprint density at radius 3 is 2.68 bits per heavy atom. The molecule has 0 aliphatic rings. The molecule has 0 saturated heterocycles. The lowest BCUT2D eigenvalue weighted by molar-refractivity contribution is 0.404. The highest BCUT2D eigenvalue weighted by molar-refractivity contribution is 9.11. The molecule has 1 atom stereocenters. The number of hydrogen-bond donors (Lipinski definition) is 1. The Hall–Kier alpha value is -0.840. The molecule has 2 nitrogen and oxygen atoms in total. The first kappa shape index (κ1) is 14.6. The molecular weight excluding hydrogens is 322 g/mol. The van der Waals surface area contributed by atoms with E-state index in [0.717, 1.165) is 22.5 Å². The lowest BCUT2D eigenvalue weighted by Gasteiger charge is -2.20. The number of nitrogens with one attached hydrogen (secondary N) is 1. The number of hydrogen-bond acceptors (Lipinski definition) is 3. The Morgan fingerprint density at radius 2 is 2.05 bits per heavy atom. The van der Waals surface area contributed by atoms with Crippen LogP contribution in [0.1, 0.15) is 29.8 Å². The van der Waals surface area contributed by atoms with Crippen molar-refractivity contribution < 1.29 is 4.74 Å². The van der Waals surface area contributed by atoms with Crippen molar-refractivity contribution in [3.63, 3.8) is 0 Å². The smallest absolute Gasteiger partial charge is 0.124 e. The lowest BCUT2D eigenvalue weighted by atomic mass is 10.0. The second-order valence-corrected chi connectivity index (χ2v) is 6.77. The third-order valence-electron chi connectivity index (χ3n) is 2.93. The maximum Gasteiger partial charge on any atom is 0.124 e. The van der Waals surface area contributed by atoms with Crippen LogP contribution < -0.4 is 10.1 Å². The molecule has 0 saturated carbocycles. The van der Waals surface area contributed by atoms with Crippen LogP contribution in [0.25, 0.3) is 0 Å². The molecule has 1 aromatic heterocycles. The van der Waals surface area contributed by atoms with E-state index in [2.05, 4.69) is 52.4 Å². The predicted octanol–water partition coefficient (Wildman–Crippen LogP) is 4.61. The first-order valence-electron chi connectivity index (χ1n) is 6.37. The highest BCUT2D eigenvalue weighted by Gasteiger charge is 2.18. The maximum atomic E-state index is 5.49. The van der Waals surface area contributed by atoms with Gasteiger partial charge in [0.05, 0.1) is 16.9 Å². The van der Waals surface area contributed by atoms with Gasteiger partial charge in [0.1, 0.15) is 5.75 Å². The molecule has 0 spiro atoms. The van der Waals surface area contributed by atoms with Gasteiger partial charge in [-0.3, -0.25) is 0 Å². The minimum atomic E-state index is 0.187. The molecule has 0 aliphatic carbocycles. The number of halogens is 1. The Kier molecular flexibility index (Phi) is 5.43. The Labute approximate surface area is 126 Å². The fourth-order valence-corrected chi connectivity index (χ4v) is 3.56.